The Morgan fingerprint density at radius 1 is 0.944 bits per heavy atom. The topological polar surface area (TPSA) is 146 Å². The molecule has 1 saturated heterocycles. The second-order valence-electron chi connectivity index (χ2n) is 15.7. The van der Waals surface area contributed by atoms with Crippen molar-refractivity contribution in [2.45, 2.75) is 131 Å². The van der Waals surface area contributed by atoms with Crippen molar-refractivity contribution in [2.75, 3.05) is 66.1 Å². The summed E-state index contributed by atoms with van der Waals surface area (Å²) in [5, 5.41) is 11.7. The Kier molecular flexibility index (Phi) is 28.1. The Morgan fingerprint density at radius 3 is 2.17 bits per heavy atom. The molecule has 54 heavy (non-hydrogen) atoms. The molecule has 3 amide bonds. The molecule has 0 saturated carbocycles. The van der Waals surface area contributed by atoms with Gasteiger partial charge in [0, 0.05) is 64.0 Å². The standard InChI is InChI=1S/C27H52N4O5.C15H23NO.H2S/c1-5-18-36-21-27(2,3)20-31(19-22-13-16-30(4)17-14-22)25(33)12-7-6-11-24(32)29-15-9-8-10-23(28)26(34)35;1-4-12-16(5-2)15(17)11-10-14-8-6-13(3)7-9-14;/h22-23H,5-21,28H2,1-4H3,(H,29,32)(H,34,35);6-9H,4-5,10-12H2,1-3H3;1H2. The zero-order chi connectivity index (χ0) is 39.6. The molecule has 1 aliphatic heterocycles. The van der Waals surface area contributed by atoms with Gasteiger partial charge < -0.3 is 35.6 Å². The molecule has 11 nitrogen and oxygen atoms in total. The van der Waals surface area contributed by atoms with Crippen LogP contribution in [-0.2, 0) is 30.3 Å². The number of rotatable bonds is 25. The number of nitrogens with two attached hydrogens (primary N) is 1. The number of carbonyl (C=O) groups excluding carboxylic acids is 3. The highest BCUT2D eigenvalue weighted by atomic mass is 32.1. The van der Waals surface area contributed by atoms with Gasteiger partial charge in [-0.25, -0.2) is 0 Å². The number of likely N-dealkylation sites (tertiary alicyclic amines) is 1. The zero-order valence-electron chi connectivity index (χ0n) is 34.9. The number of hydrogen-bond donors (Lipinski definition) is 3. The minimum absolute atomic E-state index is 0. The van der Waals surface area contributed by atoms with E-state index in [4.69, 9.17) is 15.6 Å². The number of carboxylic acids is 1. The lowest BCUT2D eigenvalue weighted by atomic mass is 9.91. The maximum Gasteiger partial charge on any atom is 0.320 e. The van der Waals surface area contributed by atoms with Crippen LogP contribution in [0.1, 0.15) is 123 Å². The first kappa shape index (κ1) is 51.3. The lowest BCUT2D eigenvalue weighted by Gasteiger charge is -2.37. The number of aryl methyl sites for hydroxylation is 2. The number of aliphatic carboxylic acids is 1. The number of unbranched alkanes of at least 4 members (excludes halogenated alkanes) is 2. The maximum atomic E-state index is 13.2. The minimum atomic E-state index is -0.994. The quantitative estimate of drug-likeness (QED) is 0.100. The molecule has 0 aliphatic carbocycles. The third-order valence-electron chi connectivity index (χ3n) is 9.73. The van der Waals surface area contributed by atoms with E-state index < -0.39 is 12.0 Å². The number of nitrogens with zero attached hydrogens (tertiary/aromatic N) is 3. The molecule has 1 aliphatic rings. The Morgan fingerprint density at radius 2 is 1.57 bits per heavy atom. The third-order valence-corrected chi connectivity index (χ3v) is 9.73. The first-order valence-corrected chi connectivity index (χ1v) is 20.3. The zero-order valence-corrected chi connectivity index (χ0v) is 35.9. The first-order chi connectivity index (χ1) is 25.2. The number of benzene rings is 1. The van der Waals surface area contributed by atoms with Crippen LogP contribution in [0.3, 0.4) is 0 Å². The maximum absolute atomic E-state index is 13.2. The monoisotopic (exact) mass is 780 g/mol. The summed E-state index contributed by atoms with van der Waals surface area (Å²) in [5.74, 6) is -0.0369. The highest BCUT2D eigenvalue weighted by Gasteiger charge is 2.28. The molecule has 0 spiro atoms. The Labute approximate surface area is 334 Å². The fourth-order valence-electron chi connectivity index (χ4n) is 6.41. The largest absolute Gasteiger partial charge is 0.480 e. The van der Waals surface area contributed by atoms with Gasteiger partial charge in [-0.3, -0.25) is 19.2 Å². The summed E-state index contributed by atoms with van der Waals surface area (Å²) in [6, 6.07) is 7.58. The number of piperidine rings is 1. The van der Waals surface area contributed by atoms with Crippen LogP contribution >= 0.6 is 13.5 Å². The molecule has 2 rings (SSSR count). The molecule has 1 unspecified atom stereocenters. The van der Waals surface area contributed by atoms with Crippen LogP contribution in [-0.4, -0.2) is 116 Å². The van der Waals surface area contributed by atoms with Crippen LogP contribution in [0, 0.1) is 18.3 Å². The second-order valence-corrected chi connectivity index (χ2v) is 15.7. The SMILES string of the molecule is CCCN(CC)C(=O)CCc1ccc(C)cc1.CCCOCC(C)(C)CN(CC1CCN(C)CC1)C(=O)CCCCC(=O)NCCCCC(N)C(=O)O.S. The number of hydrogen-bond acceptors (Lipinski definition) is 7. The molecule has 0 radical (unpaired) electrons. The predicted molar refractivity (Wildman–Crippen MR) is 225 cm³/mol. The average molecular weight is 780 g/mol. The third kappa shape index (κ3) is 24.0. The predicted octanol–water partition coefficient (Wildman–Crippen LogP) is 6.17. The number of carbonyl (C=O) groups is 4. The molecule has 0 aromatic heterocycles. The van der Waals surface area contributed by atoms with Gasteiger partial charge in [-0.15, -0.1) is 0 Å². The summed E-state index contributed by atoms with van der Waals surface area (Å²) in [6.07, 6.45) is 9.72. The number of amides is 3. The molecule has 0 bridgehead atoms. The second kappa shape index (κ2) is 29.6. The van der Waals surface area contributed by atoms with E-state index in [9.17, 15) is 19.2 Å². The van der Waals surface area contributed by atoms with Crippen LogP contribution in [0.15, 0.2) is 24.3 Å². The van der Waals surface area contributed by atoms with Gasteiger partial charge in [0.1, 0.15) is 6.04 Å². The van der Waals surface area contributed by atoms with Gasteiger partial charge in [-0.05, 0) is 110 Å². The van der Waals surface area contributed by atoms with E-state index in [1.54, 1.807) is 0 Å². The Bertz CT molecular complexity index is 1180. The van der Waals surface area contributed by atoms with E-state index in [-0.39, 0.29) is 36.6 Å². The number of nitrogens with one attached hydrogen (secondary N) is 1. The Hall–Kier alpha value is -2.67. The van der Waals surface area contributed by atoms with E-state index in [1.165, 1.54) is 11.1 Å². The molecule has 1 aromatic carbocycles. The first-order valence-electron chi connectivity index (χ1n) is 20.3. The van der Waals surface area contributed by atoms with Crippen molar-refractivity contribution >= 4 is 37.2 Å². The molecule has 1 heterocycles. The van der Waals surface area contributed by atoms with Gasteiger partial charge in [0.2, 0.25) is 17.7 Å². The molecule has 4 N–H and O–H groups in total. The summed E-state index contributed by atoms with van der Waals surface area (Å²) >= 11 is 0. The molecule has 312 valence electrons. The highest BCUT2D eigenvalue weighted by Crippen LogP contribution is 2.23. The lowest BCUT2D eigenvalue weighted by Crippen LogP contribution is -2.45. The van der Waals surface area contributed by atoms with Crippen molar-refractivity contribution < 1.29 is 29.0 Å². The lowest BCUT2D eigenvalue weighted by molar-refractivity contribution is -0.138. The number of ether oxygens (including phenoxy) is 1. The minimum Gasteiger partial charge on any atom is -0.480 e. The molecule has 1 atom stereocenters. The van der Waals surface area contributed by atoms with E-state index in [0.717, 1.165) is 71.4 Å². The van der Waals surface area contributed by atoms with Crippen molar-refractivity contribution in [2.24, 2.45) is 17.1 Å². The Balaban J connectivity index is 0.00000130. The van der Waals surface area contributed by atoms with Crippen LogP contribution in [0.2, 0.25) is 0 Å². The van der Waals surface area contributed by atoms with E-state index in [2.05, 4.69) is 76.1 Å². The van der Waals surface area contributed by atoms with Crippen LogP contribution in [0.5, 0.6) is 0 Å². The molecule has 1 aromatic rings. The average Bonchev–Trinajstić information content (AvgIpc) is 3.12. The van der Waals surface area contributed by atoms with Crippen LogP contribution in [0.25, 0.3) is 0 Å². The van der Waals surface area contributed by atoms with Gasteiger partial charge in [0.25, 0.3) is 0 Å². The van der Waals surface area contributed by atoms with E-state index >= 15 is 0 Å². The fourth-order valence-corrected chi connectivity index (χ4v) is 6.41. The summed E-state index contributed by atoms with van der Waals surface area (Å²) in [5.41, 5.74) is 7.88. The van der Waals surface area contributed by atoms with Gasteiger partial charge in [-0.2, -0.15) is 13.5 Å². The highest BCUT2D eigenvalue weighted by molar-refractivity contribution is 7.59. The van der Waals surface area contributed by atoms with Gasteiger partial charge in [0.05, 0.1) is 6.61 Å². The van der Waals surface area contributed by atoms with E-state index in [1.807, 2.05) is 16.7 Å². The molecule has 12 heteroatoms. The summed E-state index contributed by atoms with van der Waals surface area (Å²) in [7, 11) is 2.15. The fraction of sp³-hybridized carbons (Fsp3) is 0.762. The van der Waals surface area contributed by atoms with Crippen molar-refractivity contribution in [3.05, 3.63) is 35.4 Å². The smallest absolute Gasteiger partial charge is 0.320 e. The van der Waals surface area contributed by atoms with Crippen LogP contribution < -0.4 is 11.1 Å². The number of carboxylic acid groups (broad SMARTS) is 1. The summed E-state index contributed by atoms with van der Waals surface area (Å²) in [4.78, 5) is 54.3. The van der Waals surface area contributed by atoms with Gasteiger partial charge in [-0.1, -0.05) is 57.5 Å². The summed E-state index contributed by atoms with van der Waals surface area (Å²) in [6.45, 7) is 19.9. The van der Waals surface area contributed by atoms with Crippen molar-refractivity contribution in [1.29, 1.82) is 0 Å². The normalized spacial score (nSPS) is 13.9. The van der Waals surface area contributed by atoms with Gasteiger partial charge in [0.15, 0.2) is 0 Å². The van der Waals surface area contributed by atoms with Crippen LogP contribution in [0.4, 0.5) is 0 Å². The van der Waals surface area contributed by atoms with Gasteiger partial charge >= 0.3 is 5.97 Å². The molecular formula is C42H77N5O6S. The van der Waals surface area contributed by atoms with Crippen molar-refractivity contribution in [3.63, 3.8) is 0 Å². The van der Waals surface area contributed by atoms with E-state index in [0.29, 0.717) is 77.0 Å². The molecular weight excluding hydrogens is 703 g/mol. The van der Waals surface area contributed by atoms with Crippen molar-refractivity contribution in [1.82, 2.24) is 20.0 Å². The summed E-state index contributed by atoms with van der Waals surface area (Å²) < 4.78 is 5.81. The van der Waals surface area contributed by atoms with Crippen molar-refractivity contribution in [3.8, 4) is 0 Å². The molecule has 1 fully saturated rings.